The molecule has 34 heavy (non-hydrogen) atoms. The monoisotopic (exact) mass is 535 g/mol. The first-order valence-corrected chi connectivity index (χ1v) is 11.2. The molecular formula is C23H26BrN3O7. The molecule has 2 aromatic rings. The number of esters is 1. The lowest BCUT2D eigenvalue weighted by Gasteiger charge is -2.13. The summed E-state index contributed by atoms with van der Waals surface area (Å²) in [5, 5.41) is 6.50. The van der Waals surface area contributed by atoms with E-state index < -0.39 is 24.2 Å². The lowest BCUT2D eigenvalue weighted by atomic mass is 10.2. The van der Waals surface area contributed by atoms with E-state index in [2.05, 4.69) is 31.8 Å². The van der Waals surface area contributed by atoms with Crippen LogP contribution in [-0.4, -0.2) is 50.9 Å². The summed E-state index contributed by atoms with van der Waals surface area (Å²) in [4.78, 5) is 35.6. The second-order valence-corrected chi connectivity index (χ2v) is 7.46. The molecule has 2 rings (SSSR count). The molecule has 0 aliphatic rings. The number of hydrogen-bond donors (Lipinski definition) is 2. The molecular weight excluding hydrogens is 510 g/mol. The largest absolute Gasteiger partial charge is 0.494 e. The predicted octanol–water partition coefficient (Wildman–Crippen LogP) is 3.28. The second kappa shape index (κ2) is 13.8. The molecule has 0 unspecified atom stereocenters. The Hall–Kier alpha value is -3.60. The van der Waals surface area contributed by atoms with Crippen molar-refractivity contribution in [3.8, 4) is 17.2 Å². The molecule has 0 bridgehead atoms. The van der Waals surface area contributed by atoms with Crippen LogP contribution in [0, 0.1) is 0 Å². The summed E-state index contributed by atoms with van der Waals surface area (Å²) in [6, 6.07) is 10.1. The van der Waals surface area contributed by atoms with Crippen molar-refractivity contribution in [3.63, 3.8) is 0 Å². The van der Waals surface area contributed by atoms with E-state index in [1.165, 1.54) is 13.3 Å². The smallest absolute Gasteiger partial charge is 0.344 e. The fourth-order valence-electron chi connectivity index (χ4n) is 2.66. The molecule has 11 heteroatoms. The molecule has 0 saturated carbocycles. The highest BCUT2D eigenvalue weighted by Crippen LogP contribution is 2.36. The SMILES string of the molecule is CCOC(=O)COc1c(Br)cc(C=NNC(=O)CC(=O)Nc2ccc(OCC)cc2)cc1OC. The van der Waals surface area contributed by atoms with E-state index in [1.807, 2.05) is 6.92 Å². The Morgan fingerprint density at radius 1 is 1.03 bits per heavy atom. The minimum atomic E-state index is -0.583. The highest BCUT2D eigenvalue weighted by Gasteiger charge is 2.14. The van der Waals surface area contributed by atoms with Crippen LogP contribution in [0.3, 0.4) is 0 Å². The number of rotatable bonds is 12. The van der Waals surface area contributed by atoms with Crippen LogP contribution < -0.4 is 25.0 Å². The minimum Gasteiger partial charge on any atom is -0.494 e. The third-order valence-electron chi connectivity index (χ3n) is 4.06. The molecule has 2 aromatic carbocycles. The van der Waals surface area contributed by atoms with Crippen LogP contribution in [0.1, 0.15) is 25.8 Å². The number of hydrazone groups is 1. The highest BCUT2D eigenvalue weighted by atomic mass is 79.9. The first kappa shape index (κ1) is 26.7. The summed E-state index contributed by atoms with van der Waals surface area (Å²) < 4.78 is 21.5. The van der Waals surface area contributed by atoms with Crippen LogP contribution in [0.4, 0.5) is 5.69 Å². The van der Waals surface area contributed by atoms with Crippen molar-refractivity contribution in [2.24, 2.45) is 5.10 Å². The molecule has 0 radical (unpaired) electrons. The molecule has 0 aliphatic carbocycles. The van der Waals surface area contributed by atoms with Crippen LogP contribution >= 0.6 is 15.9 Å². The number of carbonyl (C=O) groups is 3. The normalized spacial score (nSPS) is 10.5. The van der Waals surface area contributed by atoms with Gasteiger partial charge in [0, 0.05) is 5.69 Å². The summed E-state index contributed by atoms with van der Waals surface area (Å²) in [5.41, 5.74) is 3.42. The summed E-state index contributed by atoms with van der Waals surface area (Å²) in [5.74, 6) is -0.209. The van der Waals surface area contributed by atoms with E-state index in [-0.39, 0.29) is 13.2 Å². The zero-order valence-corrected chi connectivity index (χ0v) is 20.6. The fourth-order valence-corrected chi connectivity index (χ4v) is 3.23. The molecule has 0 aliphatic heterocycles. The molecule has 0 saturated heterocycles. The number of amides is 2. The molecule has 2 amide bonds. The van der Waals surface area contributed by atoms with Gasteiger partial charge in [0.2, 0.25) is 11.8 Å². The van der Waals surface area contributed by atoms with Gasteiger partial charge < -0.3 is 24.3 Å². The number of anilines is 1. The van der Waals surface area contributed by atoms with Crippen molar-refractivity contribution in [3.05, 3.63) is 46.4 Å². The number of carbonyl (C=O) groups excluding carboxylic acids is 3. The number of methoxy groups -OCH3 is 1. The van der Waals surface area contributed by atoms with Gasteiger partial charge in [0.15, 0.2) is 18.1 Å². The van der Waals surface area contributed by atoms with Crippen LogP contribution in [0.5, 0.6) is 17.2 Å². The van der Waals surface area contributed by atoms with Crippen molar-refractivity contribution in [1.29, 1.82) is 0 Å². The summed E-state index contributed by atoms with van der Waals surface area (Å²) in [7, 11) is 1.45. The van der Waals surface area contributed by atoms with Crippen LogP contribution in [0.15, 0.2) is 46.0 Å². The molecule has 0 atom stereocenters. The molecule has 0 spiro atoms. The zero-order chi connectivity index (χ0) is 24.9. The molecule has 0 heterocycles. The predicted molar refractivity (Wildman–Crippen MR) is 129 cm³/mol. The topological polar surface area (TPSA) is 125 Å². The van der Waals surface area contributed by atoms with E-state index in [0.29, 0.717) is 39.6 Å². The standard InChI is InChI=1S/C23H26BrN3O7/c1-4-32-17-8-6-16(7-9-17)26-20(28)12-21(29)27-25-13-15-10-18(24)23(19(11-15)31-3)34-14-22(30)33-5-2/h6-11,13H,4-5,12,14H2,1-3H3,(H,26,28)(H,27,29). The maximum atomic E-state index is 12.1. The van der Waals surface area contributed by atoms with Crippen molar-refractivity contribution >= 4 is 45.6 Å². The highest BCUT2D eigenvalue weighted by molar-refractivity contribution is 9.10. The molecule has 182 valence electrons. The maximum Gasteiger partial charge on any atom is 0.344 e. The van der Waals surface area contributed by atoms with E-state index in [4.69, 9.17) is 18.9 Å². The third-order valence-corrected chi connectivity index (χ3v) is 4.65. The number of nitrogens with one attached hydrogen (secondary N) is 2. The number of nitrogens with zero attached hydrogens (tertiary/aromatic N) is 1. The van der Waals surface area contributed by atoms with Gasteiger partial charge in [-0.2, -0.15) is 5.10 Å². The van der Waals surface area contributed by atoms with E-state index in [9.17, 15) is 14.4 Å². The van der Waals surface area contributed by atoms with E-state index >= 15 is 0 Å². The lowest BCUT2D eigenvalue weighted by Crippen LogP contribution is -2.24. The Balaban J connectivity index is 1.89. The number of hydrogen-bond acceptors (Lipinski definition) is 8. The summed E-state index contributed by atoms with van der Waals surface area (Å²) in [6.07, 6.45) is 0.975. The van der Waals surface area contributed by atoms with Crippen molar-refractivity contribution in [2.45, 2.75) is 20.3 Å². The van der Waals surface area contributed by atoms with Gasteiger partial charge in [-0.15, -0.1) is 0 Å². The Morgan fingerprint density at radius 3 is 2.41 bits per heavy atom. The lowest BCUT2D eigenvalue weighted by molar-refractivity contribution is -0.145. The molecule has 10 nitrogen and oxygen atoms in total. The number of benzene rings is 2. The Bertz CT molecular complexity index is 1030. The van der Waals surface area contributed by atoms with Crippen molar-refractivity contribution in [2.75, 3.05) is 32.2 Å². The summed E-state index contributed by atoms with van der Waals surface area (Å²) in [6.45, 7) is 4.11. The second-order valence-electron chi connectivity index (χ2n) is 6.60. The average molecular weight is 536 g/mol. The third kappa shape index (κ3) is 8.74. The average Bonchev–Trinajstić information content (AvgIpc) is 2.79. The fraction of sp³-hybridized carbons (Fsp3) is 0.304. The molecule has 2 N–H and O–H groups in total. The van der Waals surface area contributed by atoms with Gasteiger partial charge in [-0.1, -0.05) is 0 Å². The van der Waals surface area contributed by atoms with Gasteiger partial charge >= 0.3 is 5.97 Å². The van der Waals surface area contributed by atoms with Gasteiger partial charge in [-0.25, -0.2) is 10.2 Å². The number of ether oxygens (including phenoxy) is 4. The van der Waals surface area contributed by atoms with Gasteiger partial charge in [0.1, 0.15) is 12.2 Å². The van der Waals surface area contributed by atoms with E-state index in [0.717, 1.165) is 0 Å². The van der Waals surface area contributed by atoms with Gasteiger partial charge in [-0.05, 0) is 71.7 Å². The first-order chi connectivity index (χ1) is 16.4. The van der Waals surface area contributed by atoms with Crippen molar-refractivity contribution in [1.82, 2.24) is 5.43 Å². The Kier molecular flexibility index (Phi) is 10.8. The van der Waals surface area contributed by atoms with Gasteiger partial charge in [0.05, 0.1) is 31.0 Å². The molecule has 0 fully saturated rings. The van der Waals surface area contributed by atoms with Gasteiger partial charge in [-0.3, -0.25) is 9.59 Å². The van der Waals surface area contributed by atoms with Crippen LogP contribution in [-0.2, 0) is 19.1 Å². The molecule has 0 aromatic heterocycles. The number of halogens is 1. The van der Waals surface area contributed by atoms with Gasteiger partial charge in [0.25, 0.3) is 0 Å². The van der Waals surface area contributed by atoms with E-state index in [1.54, 1.807) is 43.3 Å². The minimum absolute atomic E-state index is 0.255. The zero-order valence-electron chi connectivity index (χ0n) is 19.1. The quantitative estimate of drug-likeness (QED) is 0.185. The first-order valence-electron chi connectivity index (χ1n) is 10.4. The maximum absolute atomic E-state index is 12.1. The Morgan fingerprint density at radius 2 is 1.76 bits per heavy atom. The van der Waals surface area contributed by atoms with Crippen LogP contribution in [0.25, 0.3) is 0 Å². The Labute approximate surface area is 205 Å². The van der Waals surface area contributed by atoms with Crippen LogP contribution in [0.2, 0.25) is 0 Å². The van der Waals surface area contributed by atoms with Crippen molar-refractivity contribution < 1.29 is 33.3 Å². The summed E-state index contributed by atoms with van der Waals surface area (Å²) >= 11 is 3.36.